The second-order valence-corrected chi connectivity index (χ2v) is 5.77. The zero-order chi connectivity index (χ0) is 16.1. The van der Waals surface area contributed by atoms with Crippen LogP contribution in [0.5, 0.6) is 0 Å². The fourth-order valence-corrected chi connectivity index (χ4v) is 2.54. The number of hydrogen-bond acceptors (Lipinski definition) is 6. The summed E-state index contributed by atoms with van der Waals surface area (Å²) < 4.78 is 5.84. The number of nitrogens with zero attached hydrogens (tertiary/aromatic N) is 4. The summed E-state index contributed by atoms with van der Waals surface area (Å²) in [7, 11) is 0. The average Bonchev–Trinajstić information content (AvgIpc) is 2.61. The number of aromatic nitrogens is 4. The zero-order valence-corrected chi connectivity index (χ0v) is 13.0. The van der Waals surface area contributed by atoms with Gasteiger partial charge in [0, 0.05) is 31.1 Å². The monoisotopic (exact) mass is 313 g/mol. The van der Waals surface area contributed by atoms with E-state index >= 15 is 0 Å². The maximum atomic E-state index is 11.9. The van der Waals surface area contributed by atoms with Gasteiger partial charge in [-0.3, -0.25) is 4.79 Å². The van der Waals surface area contributed by atoms with Crippen molar-refractivity contribution in [3.05, 3.63) is 47.8 Å². The van der Waals surface area contributed by atoms with Crippen LogP contribution in [0.25, 0.3) is 0 Å². The standard InChI is InChI=1S/C16H19N5O2/c1-16(5-2-3-7-23-16)15-18-9-12(10-19-15)8-17-14(22)13-4-6-20-21-11-13/h4,6,9-11H,2-3,5,7-8H2,1H3,(H,17,22)/t16-/m1/s1. The lowest BCUT2D eigenvalue weighted by molar-refractivity contribution is -0.0760. The minimum Gasteiger partial charge on any atom is -0.367 e. The van der Waals surface area contributed by atoms with E-state index in [0.717, 1.165) is 31.4 Å². The third kappa shape index (κ3) is 3.68. The van der Waals surface area contributed by atoms with E-state index in [2.05, 4.69) is 25.5 Å². The highest BCUT2D eigenvalue weighted by Gasteiger charge is 2.32. The van der Waals surface area contributed by atoms with Crippen molar-refractivity contribution in [2.24, 2.45) is 0 Å². The van der Waals surface area contributed by atoms with Crippen LogP contribution in [-0.2, 0) is 16.9 Å². The predicted molar refractivity (Wildman–Crippen MR) is 82.4 cm³/mol. The van der Waals surface area contributed by atoms with E-state index in [0.29, 0.717) is 17.9 Å². The fourth-order valence-electron chi connectivity index (χ4n) is 2.54. The Labute approximate surface area is 134 Å². The Morgan fingerprint density at radius 3 is 2.74 bits per heavy atom. The molecule has 2 aromatic heterocycles. The first-order valence-electron chi connectivity index (χ1n) is 7.68. The van der Waals surface area contributed by atoms with Crippen LogP contribution in [0, 0.1) is 0 Å². The van der Waals surface area contributed by atoms with Gasteiger partial charge in [0.25, 0.3) is 5.91 Å². The van der Waals surface area contributed by atoms with E-state index in [1.807, 2.05) is 6.92 Å². The molecular formula is C16H19N5O2. The quantitative estimate of drug-likeness (QED) is 0.922. The first-order chi connectivity index (χ1) is 11.2. The number of carbonyl (C=O) groups excluding carboxylic acids is 1. The van der Waals surface area contributed by atoms with E-state index in [9.17, 15) is 4.79 Å². The molecule has 1 aliphatic rings. The third-order valence-electron chi connectivity index (χ3n) is 3.95. The van der Waals surface area contributed by atoms with Crippen LogP contribution in [0.3, 0.4) is 0 Å². The molecule has 3 rings (SSSR count). The molecule has 1 amide bonds. The molecule has 0 spiro atoms. The van der Waals surface area contributed by atoms with Crippen molar-refractivity contribution in [1.82, 2.24) is 25.5 Å². The molecule has 1 aliphatic heterocycles. The highest BCUT2D eigenvalue weighted by molar-refractivity contribution is 5.93. The van der Waals surface area contributed by atoms with E-state index in [4.69, 9.17) is 4.74 Å². The summed E-state index contributed by atoms with van der Waals surface area (Å²) in [6.45, 7) is 3.13. The minimum absolute atomic E-state index is 0.202. The van der Waals surface area contributed by atoms with Gasteiger partial charge in [0.2, 0.25) is 0 Å². The molecular weight excluding hydrogens is 294 g/mol. The molecule has 7 heteroatoms. The van der Waals surface area contributed by atoms with Crippen molar-refractivity contribution < 1.29 is 9.53 Å². The van der Waals surface area contributed by atoms with Gasteiger partial charge in [-0.15, -0.1) is 0 Å². The maximum absolute atomic E-state index is 11.9. The Hall–Kier alpha value is -2.41. The number of rotatable bonds is 4. The van der Waals surface area contributed by atoms with Gasteiger partial charge in [-0.1, -0.05) is 0 Å². The van der Waals surface area contributed by atoms with Gasteiger partial charge in [-0.25, -0.2) is 9.97 Å². The van der Waals surface area contributed by atoms with Crippen LogP contribution in [-0.4, -0.2) is 32.7 Å². The van der Waals surface area contributed by atoms with Gasteiger partial charge in [0.15, 0.2) is 5.82 Å². The Balaban J connectivity index is 1.60. The second kappa shape index (κ2) is 6.78. The largest absolute Gasteiger partial charge is 0.367 e. The number of hydrogen-bond donors (Lipinski definition) is 1. The lowest BCUT2D eigenvalue weighted by Gasteiger charge is -2.32. The van der Waals surface area contributed by atoms with Gasteiger partial charge in [-0.05, 0) is 32.3 Å². The Morgan fingerprint density at radius 2 is 2.09 bits per heavy atom. The summed E-state index contributed by atoms with van der Waals surface area (Å²) in [6, 6.07) is 1.61. The molecule has 1 N–H and O–H groups in total. The molecule has 7 nitrogen and oxygen atoms in total. The summed E-state index contributed by atoms with van der Waals surface area (Å²) >= 11 is 0. The van der Waals surface area contributed by atoms with Crippen molar-refractivity contribution in [1.29, 1.82) is 0 Å². The summed E-state index contributed by atoms with van der Waals surface area (Å²) in [5.74, 6) is 0.497. The molecule has 1 saturated heterocycles. The average molecular weight is 313 g/mol. The smallest absolute Gasteiger partial charge is 0.253 e. The van der Waals surface area contributed by atoms with E-state index < -0.39 is 5.60 Å². The molecule has 2 aromatic rings. The predicted octanol–water partition coefficient (Wildman–Crippen LogP) is 1.61. The SMILES string of the molecule is C[C@]1(c2ncc(CNC(=O)c3ccnnc3)cn2)CCCCO1. The van der Waals surface area contributed by atoms with E-state index in [1.54, 1.807) is 18.5 Å². The Morgan fingerprint density at radius 1 is 1.26 bits per heavy atom. The molecule has 120 valence electrons. The summed E-state index contributed by atoms with van der Waals surface area (Å²) in [5.41, 5.74) is 0.909. The summed E-state index contributed by atoms with van der Waals surface area (Å²) in [6.07, 6.45) is 9.51. The first kappa shape index (κ1) is 15.5. The Bertz CT molecular complexity index is 654. The second-order valence-electron chi connectivity index (χ2n) is 5.77. The summed E-state index contributed by atoms with van der Waals surface area (Å²) in [4.78, 5) is 20.8. The van der Waals surface area contributed by atoms with Gasteiger partial charge < -0.3 is 10.1 Å². The van der Waals surface area contributed by atoms with E-state index in [-0.39, 0.29) is 5.91 Å². The lowest BCUT2D eigenvalue weighted by Crippen LogP contribution is -2.32. The molecule has 23 heavy (non-hydrogen) atoms. The molecule has 0 saturated carbocycles. The lowest BCUT2D eigenvalue weighted by atomic mass is 9.95. The number of ether oxygens (including phenoxy) is 1. The fraction of sp³-hybridized carbons (Fsp3) is 0.438. The number of nitrogens with one attached hydrogen (secondary N) is 1. The van der Waals surface area contributed by atoms with Crippen LogP contribution >= 0.6 is 0 Å². The van der Waals surface area contributed by atoms with Crippen molar-refractivity contribution in [2.45, 2.75) is 38.3 Å². The molecule has 0 bridgehead atoms. The van der Waals surface area contributed by atoms with Crippen LogP contribution in [0.1, 0.15) is 47.9 Å². The molecule has 0 aliphatic carbocycles. The van der Waals surface area contributed by atoms with Crippen LogP contribution in [0.2, 0.25) is 0 Å². The van der Waals surface area contributed by atoms with Crippen molar-refractivity contribution in [3.63, 3.8) is 0 Å². The third-order valence-corrected chi connectivity index (χ3v) is 3.95. The van der Waals surface area contributed by atoms with Crippen molar-refractivity contribution in [2.75, 3.05) is 6.61 Å². The molecule has 1 fully saturated rings. The normalized spacial score (nSPS) is 20.9. The minimum atomic E-state index is -0.400. The first-order valence-corrected chi connectivity index (χ1v) is 7.68. The molecule has 0 radical (unpaired) electrons. The van der Waals surface area contributed by atoms with Crippen LogP contribution in [0.15, 0.2) is 30.9 Å². The molecule has 0 unspecified atom stereocenters. The van der Waals surface area contributed by atoms with Crippen LogP contribution in [0.4, 0.5) is 0 Å². The van der Waals surface area contributed by atoms with Crippen molar-refractivity contribution >= 4 is 5.91 Å². The number of carbonyl (C=O) groups is 1. The molecule has 0 aromatic carbocycles. The van der Waals surface area contributed by atoms with Crippen LogP contribution < -0.4 is 5.32 Å². The van der Waals surface area contributed by atoms with Gasteiger partial charge >= 0.3 is 0 Å². The van der Waals surface area contributed by atoms with E-state index in [1.165, 1.54) is 12.4 Å². The topological polar surface area (TPSA) is 89.9 Å². The van der Waals surface area contributed by atoms with Crippen molar-refractivity contribution in [3.8, 4) is 0 Å². The summed E-state index contributed by atoms with van der Waals surface area (Å²) in [5, 5.41) is 10.1. The maximum Gasteiger partial charge on any atom is 0.253 e. The zero-order valence-electron chi connectivity index (χ0n) is 13.0. The molecule has 3 heterocycles. The Kier molecular flexibility index (Phi) is 4.57. The number of amides is 1. The van der Waals surface area contributed by atoms with Gasteiger partial charge in [-0.2, -0.15) is 10.2 Å². The van der Waals surface area contributed by atoms with Gasteiger partial charge in [0.05, 0.1) is 18.0 Å². The highest BCUT2D eigenvalue weighted by atomic mass is 16.5. The highest BCUT2D eigenvalue weighted by Crippen LogP contribution is 2.32. The molecule has 1 atom stereocenters. The van der Waals surface area contributed by atoms with Gasteiger partial charge in [0.1, 0.15) is 5.60 Å².